The number of fused-ring (bicyclic) bond motifs is 2. The topological polar surface area (TPSA) is 74.2 Å². The zero-order valence-corrected chi connectivity index (χ0v) is 10.7. The summed E-state index contributed by atoms with van der Waals surface area (Å²) in [5.74, 6) is 0. The third-order valence-electron chi connectivity index (χ3n) is 3.48. The molecule has 0 fully saturated rings. The quantitative estimate of drug-likeness (QED) is 0.280. The molecule has 96 valence electrons. The Balaban J connectivity index is 2.65. The number of aryl methyl sites for hydroxylation is 2. The van der Waals surface area contributed by atoms with Gasteiger partial charge in [0.1, 0.15) is 0 Å². The van der Waals surface area contributed by atoms with Gasteiger partial charge in [-0.1, -0.05) is 0 Å². The normalized spacial score (nSPS) is 11.3. The number of rotatable bonds is 0. The van der Waals surface area contributed by atoms with Gasteiger partial charge in [-0.05, 0) is 43.2 Å². The first-order valence-corrected chi connectivity index (χ1v) is 5.96. The summed E-state index contributed by atoms with van der Waals surface area (Å²) in [5.41, 5.74) is 9.90. The van der Waals surface area contributed by atoms with E-state index in [0.29, 0.717) is 27.8 Å². The van der Waals surface area contributed by atoms with Gasteiger partial charge in [0.05, 0.1) is 4.43 Å². The van der Waals surface area contributed by atoms with E-state index >= 15 is 0 Å². The fourth-order valence-electron chi connectivity index (χ4n) is 2.26. The molecule has 0 aliphatic carbocycles. The monoisotopic (exact) mass is 256 g/mol. The first-order chi connectivity index (χ1) is 8.99. The minimum atomic E-state index is 0.382. The number of anilines is 1. The molecule has 0 aliphatic heterocycles. The highest BCUT2D eigenvalue weighted by Gasteiger charge is 2.19. The number of aromatic nitrogens is 2. The van der Waals surface area contributed by atoms with Crippen LogP contribution in [0.1, 0.15) is 11.1 Å². The summed E-state index contributed by atoms with van der Waals surface area (Å²) < 4.78 is 1.84. The average Bonchev–Trinajstić information content (AvgIpc) is 2.38. The van der Waals surface area contributed by atoms with E-state index in [0.717, 1.165) is 20.3 Å². The molecule has 0 unspecified atom stereocenters. The van der Waals surface area contributed by atoms with Crippen molar-refractivity contribution >= 4 is 27.8 Å². The number of hydrogen-bond acceptors (Lipinski definition) is 3. The van der Waals surface area contributed by atoms with Crippen LogP contribution >= 0.6 is 0 Å². The molecule has 3 rings (SSSR count). The van der Waals surface area contributed by atoms with E-state index in [-0.39, 0.29) is 0 Å². The van der Waals surface area contributed by atoms with Gasteiger partial charge in [-0.25, -0.2) is 0 Å². The Bertz CT molecular complexity index is 881. The van der Waals surface area contributed by atoms with E-state index in [4.69, 9.17) is 5.73 Å². The molecule has 5 nitrogen and oxygen atoms in total. The highest BCUT2D eigenvalue weighted by atomic mass is 16.5. The van der Waals surface area contributed by atoms with Crippen molar-refractivity contribution in [3.8, 4) is 0 Å². The van der Waals surface area contributed by atoms with Crippen LogP contribution in [0.15, 0.2) is 30.3 Å². The van der Waals surface area contributed by atoms with Crippen molar-refractivity contribution in [3.63, 3.8) is 0 Å². The molecule has 0 spiro atoms. The van der Waals surface area contributed by atoms with Crippen LogP contribution in [-0.4, -0.2) is 9.94 Å². The molecule has 5 heteroatoms. The minimum Gasteiger partial charge on any atom is -0.427 e. The third-order valence-corrected chi connectivity index (χ3v) is 3.48. The van der Waals surface area contributed by atoms with Gasteiger partial charge in [0.25, 0.3) is 11.0 Å². The predicted octanol–water partition coefficient (Wildman–Crippen LogP) is 2.15. The Morgan fingerprint density at radius 1 is 1.05 bits per heavy atom. The van der Waals surface area contributed by atoms with Crippen molar-refractivity contribution in [3.05, 3.63) is 46.4 Å². The number of nitrogen functional groups attached to an aromatic ring is 1. The fraction of sp³-hybridized carbons (Fsp3) is 0.143. The van der Waals surface area contributed by atoms with Crippen molar-refractivity contribution in [2.45, 2.75) is 13.8 Å². The summed E-state index contributed by atoms with van der Waals surface area (Å²) in [6.45, 7) is 3.87. The van der Waals surface area contributed by atoms with Crippen LogP contribution in [0.25, 0.3) is 22.1 Å². The van der Waals surface area contributed by atoms with Gasteiger partial charge in [-0.15, -0.1) is 0 Å². The Labute approximate surface area is 109 Å². The van der Waals surface area contributed by atoms with Crippen LogP contribution in [0, 0.1) is 18.8 Å². The lowest BCUT2D eigenvalue weighted by Crippen LogP contribution is -2.20. The van der Waals surface area contributed by atoms with Crippen molar-refractivity contribution in [2.24, 2.45) is 0 Å². The molecule has 0 aliphatic rings. The third kappa shape index (κ3) is 1.55. The SMILES string of the molecule is Cc1cc2c(cc1C)[n+](=O)c1ccc(N)cc1n2O. The fourth-order valence-corrected chi connectivity index (χ4v) is 2.26. The van der Waals surface area contributed by atoms with E-state index in [1.54, 1.807) is 30.3 Å². The second-order valence-electron chi connectivity index (χ2n) is 4.78. The minimum absolute atomic E-state index is 0.382. The van der Waals surface area contributed by atoms with Gasteiger partial charge in [-0.2, -0.15) is 4.73 Å². The summed E-state index contributed by atoms with van der Waals surface area (Å²) in [6.07, 6.45) is 0. The van der Waals surface area contributed by atoms with E-state index in [1.165, 1.54) is 0 Å². The first kappa shape index (κ1) is 11.5. The largest absolute Gasteiger partial charge is 0.427 e. The van der Waals surface area contributed by atoms with Crippen LogP contribution < -0.4 is 10.2 Å². The molecule has 0 bridgehead atoms. The lowest BCUT2D eigenvalue weighted by Gasteiger charge is -2.06. The molecular formula is C14H14N3O2+. The number of hydrogen-bond donors (Lipinski definition) is 2. The van der Waals surface area contributed by atoms with E-state index in [1.807, 2.05) is 13.8 Å². The van der Waals surface area contributed by atoms with Crippen LogP contribution in [0.4, 0.5) is 5.69 Å². The zero-order chi connectivity index (χ0) is 13.7. The van der Waals surface area contributed by atoms with Gasteiger partial charge < -0.3 is 10.9 Å². The highest BCUT2D eigenvalue weighted by molar-refractivity contribution is 5.84. The smallest absolute Gasteiger partial charge is 0.290 e. The van der Waals surface area contributed by atoms with E-state index in [9.17, 15) is 10.1 Å². The van der Waals surface area contributed by atoms with E-state index < -0.39 is 0 Å². The standard InChI is InChI=1S/C14H14N3O2/c1-8-5-12-13(6-9(8)2)17(19)14-7-10(15)3-4-11(14)16(12)18/h3-7,19H,15H2,1-2H3/q+1. The molecular weight excluding hydrogens is 242 g/mol. The molecule has 1 heterocycles. The van der Waals surface area contributed by atoms with E-state index in [2.05, 4.69) is 0 Å². The molecule has 0 atom stereocenters. The van der Waals surface area contributed by atoms with Gasteiger partial charge >= 0.3 is 0 Å². The van der Waals surface area contributed by atoms with Crippen LogP contribution in [-0.2, 0) is 0 Å². The molecule has 0 saturated heterocycles. The second-order valence-corrected chi connectivity index (χ2v) is 4.78. The Hall–Kier alpha value is -2.56. The van der Waals surface area contributed by atoms with Crippen LogP contribution in [0.2, 0.25) is 0 Å². The van der Waals surface area contributed by atoms with Gasteiger partial charge in [0.15, 0.2) is 11.0 Å². The molecule has 3 N–H and O–H groups in total. The zero-order valence-electron chi connectivity index (χ0n) is 10.7. The Morgan fingerprint density at radius 2 is 1.68 bits per heavy atom. The maximum Gasteiger partial charge on any atom is 0.290 e. The molecule has 3 aromatic rings. The summed E-state index contributed by atoms with van der Waals surface area (Å²) in [4.78, 5) is 12.4. The Morgan fingerprint density at radius 3 is 2.42 bits per heavy atom. The maximum absolute atomic E-state index is 12.4. The molecule has 0 radical (unpaired) electrons. The summed E-state index contributed by atoms with van der Waals surface area (Å²) in [5, 5.41) is 10.3. The van der Waals surface area contributed by atoms with Crippen molar-refractivity contribution in [2.75, 3.05) is 5.73 Å². The van der Waals surface area contributed by atoms with Gasteiger partial charge in [0, 0.05) is 22.7 Å². The van der Waals surface area contributed by atoms with Crippen molar-refractivity contribution in [1.29, 1.82) is 0 Å². The summed E-state index contributed by atoms with van der Waals surface area (Å²) >= 11 is 0. The molecule has 1 aromatic heterocycles. The average molecular weight is 256 g/mol. The molecule has 19 heavy (non-hydrogen) atoms. The van der Waals surface area contributed by atoms with Crippen molar-refractivity contribution in [1.82, 2.24) is 4.73 Å². The lowest BCUT2D eigenvalue weighted by molar-refractivity contribution is -0.433. The van der Waals surface area contributed by atoms with Crippen molar-refractivity contribution < 1.29 is 9.63 Å². The molecule has 0 saturated carbocycles. The lowest BCUT2D eigenvalue weighted by atomic mass is 10.1. The maximum atomic E-state index is 12.4. The van der Waals surface area contributed by atoms with Gasteiger partial charge in [0.2, 0.25) is 0 Å². The van der Waals surface area contributed by atoms with Crippen LogP contribution in [0.3, 0.4) is 0 Å². The van der Waals surface area contributed by atoms with Gasteiger partial charge in [-0.3, -0.25) is 0 Å². The predicted molar refractivity (Wildman–Crippen MR) is 73.9 cm³/mol. The molecule has 2 aromatic carbocycles. The molecule has 0 amide bonds. The number of nitrogens with two attached hydrogens (primary N) is 1. The van der Waals surface area contributed by atoms with Crippen LogP contribution in [0.5, 0.6) is 0 Å². The Kier molecular flexibility index (Phi) is 2.25. The number of nitrogens with zero attached hydrogens (tertiary/aromatic N) is 2. The number of benzene rings is 2. The first-order valence-electron chi connectivity index (χ1n) is 5.96. The summed E-state index contributed by atoms with van der Waals surface area (Å²) in [6, 6.07) is 8.41. The second kappa shape index (κ2) is 3.71. The highest BCUT2D eigenvalue weighted by Crippen LogP contribution is 2.21. The summed E-state index contributed by atoms with van der Waals surface area (Å²) in [7, 11) is 0.